The van der Waals surface area contributed by atoms with Gasteiger partial charge in [0.1, 0.15) is 12.4 Å². The molecule has 0 fully saturated rings. The molecule has 0 aliphatic rings. The Morgan fingerprint density at radius 1 is 1.00 bits per heavy atom. The van der Waals surface area contributed by atoms with Crippen molar-refractivity contribution in [1.29, 1.82) is 0 Å². The van der Waals surface area contributed by atoms with Gasteiger partial charge >= 0.3 is 0 Å². The SMILES string of the molecule is CCCCC[C@H](O)c1cccc(OCc2ccccc2)c1. The summed E-state index contributed by atoms with van der Waals surface area (Å²) < 4.78 is 5.80. The maximum absolute atomic E-state index is 10.2. The smallest absolute Gasteiger partial charge is 0.120 e. The quantitative estimate of drug-likeness (QED) is 0.700. The fraction of sp³-hybridized carbons (Fsp3) is 0.368. The summed E-state index contributed by atoms with van der Waals surface area (Å²) in [4.78, 5) is 0. The molecule has 0 amide bonds. The van der Waals surface area contributed by atoms with Crippen molar-refractivity contribution in [2.75, 3.05) is 0 Å². The predicted molar refractivity (Wildman–Crippen MR) is 86.3 cm³/mol. The molecular weight excluding hydrogens is 260 g/mol. The van der Waals surface area contributed by atoms with E-state index in [0.717, 1.165) is 29.7 Å². The standard InChI is InChI=1S/C19H24O2/c1-2-3-5-13-19(20)17-11-8-12-18(14-17)21-15-16-9-6-4-7-10-16/h4,6-12,14,19-20H,2-3,5,13,15H2,1H3/t19-/m0/s1. The van der Waals surface area contributed by atoms with E-state index in [1.54, 1.807) is 0 Å². The second kappa shape index (κ2) is 8.48. The molecule has 1 atom stereocenters. The first kappa shape index (κ1) is 15.6. The molecule has 0 heterocycles. The first-order valence-electron chi connectivity index (χ1n) is 7.74. The molecule has 0 aliphatic carbocycles. The van der Waals surface area contributed by atoms with Crippen LogP contribution in [0.25, 0.3) is 0 Å². The molecule has 0 spiro atoms. The highest BCUT2D eigenvalue weighted by Crippen LogP contribution is 2.24. The minimum atomic E-state index is -0.392. The Morgan fingerprint density at radius 2 is 1.81 bits per heavy atom. The van der Waals surface area contributed by atoms with Gasteiger partial charge in [0, 0.05) is 0 Å². The minimum Gasteiger partial charge on any atom is -0.489 e. The summed E-state index contributed by atoms with van der Waals surface area (Å²) in [6.07, 6.45) is 3.83. The van der Waals surface area contributed by atoms with Gasteiger partial charge in [-0.05, 0) is 29.7 Å². The molecule has 0 saturated carbocycles. The van der Waals surface area contributed by atoms with Crippen molar-refractivity contribution in [3.05, 3.63) is 65.7 Å². The van der Waals surface area contributed by atoms with Crippen molar-refractivity contribution in [2.45, 2.75) is 45.3 Å². The van der Waals surface area contributed by atoms with Crippen LogP contribution in [0.15, 0.2) is 54.6 Å². The van der Waals surface area contributed by atoms with Crippen LogP contribution in [0, 0.1) is 0 Å². The first-order chi connectivity index (χ1) is 10.3. The zero-order valence-electron chi connectivity index (χ0n) is 12.7. The van der Waals surface area contributed by atoms with E-state index in [4.69, 9.17) is 4.74 Å². The van der Waals surface area contributed by atoms with Crippen LogP contribution in [0.1, 0.15) is 49.8 Å². The summed E-state index contributed by atoms with van der Waals surface area (Å²) >= 11 is 0. The Labute approximate surface area is 127 Å². The Hall–Kier alpha value is -1.80. The van der Waals surface area contributed by atoms with E-state index in [2.05, 4.69) is 6.92 Å². The van der Waals surface area contributed by atoms with Crippen LogP contribution in [-0.4, -0.2) is 5.11 Å². The van der Waals surface area contributed by atoms with Gasteiger partial charge in [0.05, 0.1) is 6.10 Å². The van der Waals surface area contributed by atoms with Crippen molar-refractivity contribution >= 4 is 0 Å². The van der Waals surface area contributed by atoms with Gasteiger partial charge in [-0.3, -0.25) is 0 Å². The summed E-state index contributed by atoms with van der Waals surface area (Å²) in [5.74, 6) is 0.811. The van der Waals surface area contributed by atoms with Crippen molar-refractivity contribution in [2.24, 2.45) is 0 Å². The Balaban J connectivity index is 1.91. The summed E-state index contributed by atoms with van der Waals surface area (Å²) in [5, 5.41) is 10.2. The predicted octanol–water partition coefficient (Wildman–Crippen LogP) is 4.88. The number of unbranched alkanes of at least 4 members (excludes halogenated alkanes) is 2. The van der Waals surface area contributed by atoms with E-state index in [1.807, 2.05) is 54.6 Å². The van der Waals surface area contributed by atoms with Gasteiger partial charge in [0.25, 0.3) is 0 Å². The lowest BCUT2D eigenvalue weighted by Gasteiger charge is -2.13. The van der Waals surface area contributed by atoms with E-state index in [9.17, 15) is 5.11 Å². The highest BCUT2D eigenvalue weighted by atomic mass is 16.5. The molecule has 0 aromatic heterocycles. The van der Waals surface area contributed by atoms with E-state index in [1.165, 1.54) is 12.8 Å². The Morgan fingerprint density at radius 3 is 2.57 bits per heavy atom. The number of rotatable bonds is 8. The van der Waals surface area contributed by atoms with Gasteiger partial charge in [-0.2, -0.15) is 0 Å². The van der Waals surface area contributed by atoms with Gasteiger partial charge in [-0.15, -0.1) is 0 Å². The van der Waals surface area contributed by atoms with Crippen LogP contribution >= 0.6 is 0 Å². The lowest BCUT2D eigenvalue weighted by molar-refractivity contribution is 0.163. The third-order valence-electron chi connectivity index (χ3n) is 3.57. The van der Waals surface area contributed by atoms with Crippen molar-refractivity contribution < 1.29 is 9.84 Å². The van der Waals surface area contributed by atoms with Crippen molar-refractivity contribution in [1.82, 2.24) is 0 Å². The molecular formula is C19H24O2. The lowest BCUT2D eigenvalue weighted by atomic mass is 10.0. The van der Waals surface area contributed by atoms with Crippen LogP contribution in [0.2, 0.25) is 0 Å². The average Bonchev–Trinajstić information content (AvgIpc) is 2.54. The topological polar surface area (TPSA) is 29.5 Å². The van der Waals surface area contributed by atoms with Gasteiger partial charge in [-0.1, -0.05) is 68.7 Å². The second-order valence-corrected chi connectivity index (χ2v) is 5.36. The molecule has 2 rings (SSSR count). The maximum Gasteiger partial charge on any atom is 0.120 e. The number of hydrogen-bond acceptors (Lipinski definition) is 2. The van der Waals surface area contributed by atoms with Crippen LogP contribution in [-0.2, 0) is 6.61 Å². The van der Waals surface area contributed by atoms with E-state index in [0.29, 0.717) is 6.61 Å². The van der Waals surface area contributed by atoms with Gasteiger partial charge < -0.3 is 9.84 Å². The molecule has 112 valence electrons. The minimum absolute atomic E-state index is 0.392. The summed E-state index contributed by atoms with van der Waals surface area (Å²) in [6, 6.07) is 17.9. The summed E-state index contributed by atoms with van der Waals surface area (Å²) in [6.45, 7) is 2.72. The zero-order valence-corrected chi connectivity index (χ0v) is 12.7. The molecule has 0 bridgehead atoms. The van der Waals surface area contributed by atoms with E-state index >= 15 is 0 Å². The first-order valence-corrected chi connectivity index (χ1v) is 7.74. The summed E-state index contributed by atoms with van der Waals surface area (Å²) in [5.41, 5.74) is 2.09. The largest absolute Gasteiger partial charge is 0.489 e. The normalized spacial score (nSPS) is 12.1. The van der Waals surface area contributed by atoms with Crippen LogP contribution < -0.4 is 4.74 Å². The molecule has 2 heteroatoms. The average molecular weight is 284 g/mol. The van der Waals surface area contributed by atoms with E-state index < -0.39 is 6.10 Å². The second-order valence-electron chi connectivity index (χ2n) is 5.36. The van der Waals surface area contributed by atoms with Crippen LogP contribution in [0.5, 0.6) is 5.75 Å². The van der Waals surface area contributed by atoms with Crippen LogP contribution in [0.4, 0.5) is 0 Å². The molecule has 0 unspecified atom stereocenters. The third-order valence-corrected chi connectivity index (χ3v) is 3.57. The molecule has 2 aromatic rings. The molecule has 21 heavy (non-hydrogen) atoms. The maximum atomic E-state index is 10.2. The Kier molecular flexibility index (Phi) is 6.29. The number of benzene rings is 2. The van der Waals surface area contributed by atoms with Gasteiger partial charge in [0.15, 0.2) is 0 Å². The fourth-order valence-corrected chi connectivity index (χ4v) is 2.31. The highest BCUT2D eigenvalue weighted by molar-refractivity contribution is 5.30. The number of aliphatic hydroxyl groups is 1. The molecule has 0 radical (unpaired) electrons. The molecule has 2 aromatic carbocycles. The third kappa shape index (κ3) is 5.24. The lowest BCUT2D eigenvalue weighted by Crippen LogP contribution is -1.99. The number of ether oxygens (including phenoxy) is 1. The van der Waals surface area contributed by atoms with Crippen molar-refractivity contribution in [3.63, 3.8) is 0 Å². The van der Waals surface area contributed by atoms with Gasteiger partial charge in [0.2, 0.25) is 0 Å². The molecule has 1 N–H and O–H groups in total. The molecule has 0 aliphatic heterocycles. The molecule has 2 nitrogen and oxygen atoms in total. The summed E-state index contributed by atoms with van der Waals surface area (Å²) in [7, 11) is 0. The van der Waals surface area contributed by atoms with Gasteiger partial charge in [-0.25, -0.2) is 0 Å². The fourth-order valence-electron chi connectivity index (χ4n) is 2.31. The molecule has 0 saturated heterocycles. The van der Waals surface area contributed by atoms with Crippen LogP contribution in [0.3, 0.4) is 0 Å². The highest BCUT2D eigenvalue weighted by Gasteiger charge is 2.08. The zero-order chi connectivity index (χ0) is 14.9. The van der Waals surface area contributed by atoms with E-state index in [-0.39, 0.29) is 0 Å². The number of aliphatic hydroxyl groups excluding tert-OH is 1. The Bertz CT molecular complexity index is 522. The number of hydrogen-bond donors (Lipinski definition) is 1. The monoisotopic (exact) mass is 284 g/mol. The van der Waals surface area contributed by atoms with Crippen molar-refractivity contribution in [3.8, 4) is 5.75 Å².